The highest BCUT2D eigenvalue weighted by atomic mass is 28.2. The number of aliphatic carboxylic acids is 1. The number of nitrogens with two attached hydrogens (primary N) is 1. The van der Waals surface area contributed by atoms with Crippen LogP contribution in [0.25, 0.3) is 0 Å². The minimum Gasteiger partial charge on any atom is -0.480 e. The van der Waals surface area contributed by atoms with Gasteiger partial charge in [0, 0.05) is 19.7 Å². The zero-order valence-corrected chi connectivity index (χ0v) is 15.2. The van der Waals surface area contributed by atoms with E-state index in [-0.39, 0.29) is 19.1 Å². The lowest BCUT2D eigenvalue weighted by Crippen LogP contribution is -2.42. The zero-order chi connectivity index (χ0) is 18.4. The number of ether oxygens (including phenoxy) is 1. The molecule has 0 aromatic carbocycles. The van der Waals surface area contributed by atoms with Crippen molar-refractivity contribution < 1.29 is 30.0 Å². The number of hydrogen-bond donors (Lipinski definition) is 8. The summed E-state index contributed by atoms with van der Waals surface area (Å²) in [6, 6.07) is -0.0352. The van der Waals surface area contributed by atoms with Crippen LogP contribution in [0.2, 0.25) is 6.04 Å². The maximum atomic E-state index is 11.1. The monoisotopic (exact) mass is 366 g/mol. The molecule has 0 amide bonds. The topological polar surface area (TPSA) is 181 Å². The van der Waals surface area contributed by atoms with E-state index in [2.05, 4.69) is 10.6 Å². The van der Waals surface area contributed by atoms with E-state index in [0.29, 0.717) is 32.4 Å². The van der Waals surface area contributed by atoms with Crippen LogP contribution in [0.15, 0.2) is 0 Å². The van der Waals surface area contributed by atoms with E-state index in [0.717, 1.165) is 6.04 Å². The van der Waals surface area contributed by atoms with Crippen LogP contribution in [0.4, 0.5) is 0 Å². The molecular weight excluding hydrogens is 336 g/mol. The van der Waals surface area contributed by atoms with Crippen molar-refractivity contribution in [2.75, 3.05) is 26.3 Å². The summed E-state index contributed by atoms with van der Waals surface area (Å²) in [5.74, 6) is -2.32. The van der Waals surface area contributed by atoms with Gasteiger partial charge >= 0.3 is 5.97 Å². The molecule has 24 heavy (non-hydrogen) atoms. The molecule has 0 aliphatic rings. The fourth-order valence-electron chi connectivity index (χ4n) is 1.93. The molecule has 0 saturated carbocycles. The summed E-state index contributed by atoms with van der Waals surface area (Å²) in [4.78, 5) is 11.1. The Morgan fingerprint density at radius 3 is 2.58 bits per heavy atom. The highest BCUT2D eigenvalue weighted by molar-refractivity contribution is 6.36. The molecule has 142 valence electrons. The molecule has 0 bridgehead atoms. The van der Waals surface area contributed by atoms with Crippen LogP contribution in [0.3, 0.4) is 0 Å². The summed E-state index contributed by atoms with van der Waals surface area (Å²) in [6.45, 7) is 1.03. The first-order chi connectivity index (χ1) is 11.3. The van der Waals surface area contributed by atoms with Crippen molar-refractivity contribution in [3.8, 4) is 0 Å². The molecule has 0 aliphatic carbocycles. The summed E-state index contributed by atoms with van der Waals surface area (Å²) >= 11 is 0. The molecule has 9 N–H and O–H groups in total. The third-order valence-corrected chi connectivity index (χ3v) is 4.62. The largest absolute Gasteiger partial charge is 0.480 e. The standard InChI is InChI=1S/C13H30N4O6Si/c14-12(15)16-4-1-3-10(11(19)20)17-7-9(18)8-23-5-2-6-24-13(21)22/h9-10,13,17-18,21-22H,1-8,24H2,(H,19,20)(H4,14,15,16)/t9?,10-/m0/s1. The quantitative estimate of drug-likeness (QED) is 0.0490. The van der Waals surface area contributed by atoms with Gasteiger partial charge in [-0.3, -0.25) is 10.2 Å². The third kappa shape index (κ3) is 14.4. The lowest BCUT2D eigenvalue weighted by Gasteiger charge is -2.17. The lowest BCUT2D eigenvalue weighted by atomic mass is 10.1. The number of carbonyl (C=O) groups is 1. The summed E-state index contributed by atoms with van der Waals surface area (Å²) in [5.41, 5.74) is 5.13. The van der Waals surface area contributed by atoms with Crippen molar-refractivity contribution in [3.05, 3.63) is 0 Å². The van der Waals surface area contributed by atoms with Gasteiger partial charge in [0.15, 0.2) is 5.96 Å². The fraction of sp³-hybridized carbons (Fsp3) is 0.846. The average molecular weight is 366 g/mol. The Hall–Kier alpha value is -1.24. The molecule has 0 fully saturated rings. The van der Waals surface area contributed by atoms with E-state index in [9.17, 15) is 9.90 Å². The SMILES string of the molecule is N=C(N)NCCC[C@H](NCC(O)COCCC[SiH2]C(O)O)C(=O)O. The first-order valence-corrected chi connectivity index (χ1v) is 9.80. The Bertz CT molecular complexity index is 361. The fourth-order valence-corrected chi connectivity index (χ4v) is 2.79. The van der Waals surface area contributed by atoms with Crippen LogP contribution in [-0.2, 0) is 9.53 Å². The Labute approximate surface area is 143 Å². The number of carboxylic acids is 1. The predicted octanol–water partition coefficient (Wildman–Crippen LogP) is -3.08. The van der Waals surface area contributed by atoms with Gasteiger partial charge in [0.2, 0.25) is 0 Å². The maximum Gasteiger partial charge on any atom is 0.320 e. The van der Waals surface area contributed by atoms with Gasteiger partial charge in [0.05, 0.1) is 22.2 Å². The molecule has 10 nitrogen and oxygen atoms in total. The Morgan fingerprint density at radius 2 is 2.00 bits per heavy atom. The summed E-state index contributed by atoms with van der Waals surface area (Å²) in [7, 11) is -0.882. The van der Waals surface area contributed by atoms with Gasteiger partial charge in [0.1, 0.15) is 12.0 Å². The van der Waals surface area contributed by atoms with E-state index < -0.39 is 33.5 Å². The van der Waals surface area contributed by atoms with Crippen LogP contribution in [0, 0.1) is 5.41 Å². The Kier molecular flexibility index (Phi) is 13.4. The van der Waals surface area contributed by atoms with Crippen molar-refractivity contribution in [3.63, 3.8) is 0 Å². The molecular formula is C13H30N4O6Si. The van der Waals surface area contributed by atoms with Crippen LogP contribution in [-0.4, -0.2) is 86.2 Å². The minimum atomic E-state index is -1.17. The summed E-state index contributed by atoms with van der Waals surface area (Å²) in [6.07, 6.45) is 0.765. The van der Waals surface area contributed by atoms with Gasteiger partial charge in [-0.2, -0.15) is 0 Å². The van der Waals surface area contributed by atoms with Gasteiger partial charge in [0.25, 0.3) is 0 Å². The van der Waals surface area contributed by atoms with E-state index in [4.69, 9.17) is 31.2 Å². The number of guanidine groups is 1. The smallest absolute Gasteiger partial charge is 0.320 e. The predicted molar refractivity (Wildman–Crippen MR) is 91.6 cm³/mol. The second kappa shape index (κ2) is 14.1. The molecule has 0 aliphatic heterocycles. The van der Waals surface area contributed by atoms with Crippen molar-refractivity contribution in [1.29, 1.82) is 5.41 Å². The van der Waals surface area contributed by atoms with Crippen molar-refractivity contribution in [2.24, 2.45) is 5.73 Å². The van der Waals surface area contributed by atoms with Gasteiger partial charge in [-0.25, -0.2) is 0 Å². The normalized spacial score (nSPS) is 14.2. The number of hydrogen-bond acceptors (Lipinski definition) is 7. The van der Waals surface area contributed by atoms with Crippen LogP contribution in [0.1, 0.15) is 19.3 Å². The second-order valence-electron chi connectivity index (χ2n) is 5.49. The molecule has 0 aromatic heterocycles. The second-order valence-corrected chi connectivity index (χ2v) is 7.50. The van der Waals surface area contributed by atoms with Crippen LogP contribution in [0.5, 0.6) is 0 Å². The number of aliphatic hydroxyl groups excluding tert-OH is 2. The third-order valence-electron chi connectivity index (χ3n) is 3.19. The highest BCUT2D eigenvalue weighted by Gasteiger charge is 2.17. The number of aliphatic hydroxyl groups is 3. The van der Waals surface area contributed by atoms with Crippen LogP contribution < -0.4 is 16.4 Å². The average Bonchev–Trinajstić information content (AvgIpc) is 2.48. The first-order valence-electron chi connectivity index (χ1n) is 7.99. The molecule has 11 heteroatoms. The molecule has 0 aromatic rings. The zero-order valence-electron chi connectivity index (χ0n) is 13.8. The molecule has 0 spiro atoms. The van der Waals surface area contributed by atoms with Crippen molar-refractivity contribution >= 4 is 21.4 Å². The number of nitrogens with one attached hydrogen (secondary N) is 3. The molecule has 0 radical (unpaired) electrons. The summed E-state index contributed by atoms with van der Waals surface area (Å²) < 4.78 is 5.27. The van der Waals surface area contributed by atoms with Crippen LogP contribution >= 0.6 is 0 Å². The van der Waals surface area contributed by atoms with E-state index in [1.165, 1.54) is 0 Å². The molecule has 1 unspecified atom stereocenters. The molecule has 0 saturated heterocycles. The molecule has 0 heterocycles. The van der Waals surface area contributed by atoms with Gasteiger partial charge < -0.3 is 41.5 Å². The minimum absolute atomic E-state index is 0.0917. The highest BCUT2D eigenvalue weighted by Crippen LogP contribution is 1.98. The number of carboxylic acid groups (broad SMARTS) is 1. The lowest BCUT2D eigenvalue weighted by molar-refractivity contribution is -0.139. The summed E-state index contributed by atoms with van der Waals surface area (Å²) in [5, 5.41) is 48.7. The molecule has 0 rings (SSSR count). The number of rotatable bonds is 15. The van der Waals surface area contributed by atoms with Gasteiger partial charge in [-0.15, -0.1) is 0 Å². The Balaban J connectivity index is 3.75. The van der Waals surface area contributed by atoms with E-state index in [1.54, 1.807) is 0 Å². The van der Waals surface area contributed by atoms with Gasteiger partial charge in [-0.05, 0) is 19.3 Å². The van der Waals surface area contributed by atoms with E-state index >= 15 is 0 Å². The van der Waals surface area contributed by atoms with Gasteiger partial charge in [-0.1, -0.05) is 6.04 Å². The first kappa shape index (κ1) is 22.8. The van der Waals surface area contributed by atoms with Crippen molar-refractivity contribution in [2.45, 2.75) is 43.4 Å². The Morgan fingerprint density at radius 1 is 1.29 bits per heavy atom. The molecule has 2 atom stereocenters. The van der Waals surface area contributed by atoms with E-state index in [1.807, 2.05) is 0 Å². The maximum absolute atomic E-state index is 11.1. The van der Waals surface area contributed by atoms with Crippen molar-refractivity contribution in [1.82, 2.24) is 10.6 Å².